The molecule has 1 aromatic carbocycles. The fourth-order valence-electron chi connectivity index (χ4n) is 2.62. The van der Waals surface area contributed by atoms with Gasteiger partial charge in [0.15, 0.2) is 0 Å². The van der Waals surface area contributed by atoms with Crippen LogP contribution in [0.15, 0.2) is 30.3 Å². The number of carbonyl (C=O) groups is 2. The third kappa shape index (κ3) is 3.32. The van der Waals surface area contributed by atoms with E-state index in [-0.39, 0.29) is 19.0 Å². The van der Waals surface area contributed by atoms with Gasteiger partial charge in [-0.1, -0.05) is 36.3 Å². The Labute approximate surface area is 124 Å². The van der Waals surface area contributed by atoms with Crippen LogP contribution in [0.25, 0.3) is 0 Å². The molecule has 1 heterocycles. The number of terminal acetylenes is 1. The van der Waals surface area contributed by atoms with Crippen LogP contribution in [0, 0.1) is 17.8 Å². The van der Waals surface area contributed by atoms with Crippen molar-refractivity contribution in [2.24, 2.45) is 5.41 Å². The number of esters is 1. The molecule has 2 unspecified atom stereocenters. The van der Waals surface area contributed by atoms with Crippen molar-refractivity contribution < 1.29 is 19.1 Å². The third-order valence-corrected chi connectivity index (χ3v) is 3.75. The van der Waals surface area contributed by atoms with Crippen LogP contribution in [-0.4, -0.2) is 31.1 Å². The van der Waals surface area contributed by atoms with Gasteiger partial charge in [0.25, 0.3) is 0 Å². The molecular weight excluding hydrogens is 268 g/mol. The quantitative estimate of drug-likeness (QED) is 0.346. The van der Waals surface area contributed by atoms with Gasteiger partial charge in [-0.2, -0.15) is 0 Å². The fraction of sp³-hybridized carbons (Fsp3) is 0.412. The van der Waals surface area contributed by atoms with Crippen LogP contribution in [0.4, 0.5) is 0 Å². The molecule has 1 aliphatic heterocycles. The maximum atomic E-state index is 12.2. The molecule has 0 aliphatic carbocycles. The number of ether oxygens (including phenoxy) is 2. The van der Waals surface area contributed by atoms with E-state index in [0.717, 1.165) is 5.56 Å². The SMILES string of the molecule is C#CCOCC1CC(Cc2ccccc2)(C(C)=O)C(=O)O1. The van der Waals surface area contributed by atoms with E-state index in [4.69, 9.17) is 15.9 Å². The van der Waals surface area contributed by atoms with Crippen molar-refractivity contribution in [3.8, 4) is 12.3 Å². The van der Waals surface area contributed by atoms with Gasteiger partial charge in [-0.05, 0) is 18.9 Å². The lowest BCUT2D eigenvalue weighted by atomic mass is 9.76. The summed E-state index contributed by atoms with van der Waals surface area (Å²) in [6.07, 6.45) is 5.38. The zero-order valence-corrected chi connectivity index (χ0v) is 12.0. The van der Waals surface area contributed by atoms with E-state index in [0.29, 0.717) is 12.8 Å². The molecule has 1 aliphatic rings. The van der Waals surface area contributed by atoms with Gasteiger partial charge in [0.2, 0.25) is 0 Å². The number of hydrogen-bond acceptors (Lipinski definition) is 4. The van der Waals surface area contributed by atoms with Crippen molar-refractivity contribution in [1.82, 2.24) is 0 Å². The summed E-state index contributed by atoms with van der Waals surface area (Å²) < 4.78 is 10.5. The summed E-state index contributed by atoms with van der Waals surface area (Å²) in [5, 5.41) is 0. The normalized spacial score (nSPS) is 24.4. The van der Waals surface area contributed by atoms with Crippen LogP contribution in [-0.2, 0) is 25.5 Å². The number of Topliss-reactive ketones (excluding diaryl/α,β-unsaturated/α-hetero) is 1. The second kappa shape index (κ2) is 6.55. The molecule has 0 radical (unpaired) electrons. The van der Waals surface area contributed by atoms with Gasteiger partial charge in [-0.25, -0.2) is 0 Å². The van der Waals surface area contributed by atoms with Crippen LogP contribution in [0.5, 0.6) is 0 Å². The van der Waals surface area contributed by atoms with Crippen LogP contribution in [0.2, 0.25) is 0 Å². The van der Waals surface area contributed by atoms with E-state index in [1.165, 1.54) is 6.92 Å². The summed E-state index contributed by atoms with van der Waals surface area (Å²) in [4.78, 5) is 24.3. The first-order valence-corrected chi connectivity index (χ1v) is 6.86. The van der Waals surface area contributed by atoms with E-state index in [9.17, 15) is 9.59 Å². The first kappa shape index (κ1) is 15.3. The maximum absolute atomic E-state index is 12.2. The Morgan fingerprint density at radius 2 is 2.19 bits per heavy atom. The fourth-order valence-corrected chi connectivity index (χ4v) is 2.62. The van der Waals surface area contributed by atoms with E-state index in [1.54, 1.807) is 0 Å². The van der Waals surface area contributed by atoms with E-state index in [1.807, 2.05) is 30.3 Å². The summed E-state index contributed by atoms with van der Waals surface area (Å²) in [7, 11) is 0. The van der Waals surface area contributed by atoms with Gasteiger partial charge >= 0.3 is 5.97 Å². The Hall–Kier alpha value is -2.12. The predicted molar refractivity (Wildman–Crippen MR) is 77.4 cm³/mol. The number of hydrogen-bond donors (Lipinski definition) is 0. The lowest BCUT2D eigenvalue weighted by Crippen LogP contribution is -2.36. The lowest BCUT2D eigenvalue weighted by molar-refractivity contribution is -0.153. The number of cyclic esters (lactones) is 1. The minimum atomic E-state index is -1.11. The Kier molecular flexibility index (Phi) is 4.77. The topological polar surface area (TPSA) is 52.6 Å². The minimum absolute atomic E-state index is 0.166. The van der Waals surface area contributed by atoms with Gasteiger partial charge < -0.3 is 9.47 Å². The van der Waals surface area contributed by atoms with Crippen molar-refractivity contribution >= 4 is 11.8 Å². The molecule has 4 nitrogen and oxygen atoms in total. The van der Waals surface area contributed by atoms with Crippen molar-refractivity contribution in [3.05, 3.63) is 35.9 Å². The highest BCUT2D eigenvalue weighted by Gasteiger charge is 2.52. The summed E-state index contributed by atoms with van der Waals surface area (Å²) >= 11 is 0. The molecule has 2 rings (SSSR count). The number of ketones is 1. The molecular formula is C17H18O4. The molecule has 21 heavy (non-hydrogen) atoms. The Morgan fingerprint density at radius 3 is 2.81 bits per heavy atom. The van der Waals surface area contributed by atoms with Crippen molar-refractivity contribution in [2.75, 3.05) is 13.2 Å². The van der Waals surface area contributed by atoms with E-state index in [2.05, 4.69) is 5.92 Å². The first-order valence-electron chi connectivity index (χ1n) is 6.86. The molecule has 1 fully saturated rings. The monoisotopic (exact) mass is 286 g/mol. The molecule has 1 aromatic rings. The van der Waals surface area contributed by atoms with Gasteiger partial charge in [0, 0.05) is 6.42 Å². The largest absolute Gasteiger partial charge is 0.459 e. The van der Waals surface area contributed by atoms with E-state index >= 15 is 0 Å². The smallest absolute Gasteiger partial charge is 0.320 e. The van der Waals surface area contributed by atoms with Gasteiger partial charge in [-0.3, -0.25) is 9.59 Å². The first-order chi connectivity index (χ1) is 10.1. The zero-order valence-electron chi connectivity index (χ0n) is 12.0. The van der Waals surface area contributed by atoms with E-state index < -0.39 is 17.5 Å². The van der Waals surface area contributed by atoms with Gasteiger partial charge in [0.05, 0.1) is 6.61 Å². The molecule has 110 valence electrons. The summed E-state index contributed by atoms with van der Waals surface area (Å²) in [5.41, 5.74) is -0.166. The van der Waals surface area contributed by atoms with Gasteiger partial charge in [-0.15, -0.1) is 6.42 Å². The second-order valence-corrected chi connectivity index (χ2v) is 5.25. The third-order valence-electron chi connectivity index (χ3n) is 3.75. The zero-order chi connectivity index (χ0) is 15.3. The number of rotatable bonds is 6. The average molecular weight is 286 g/mol. The van der Waals surface area contributed by atoms with Crippen LogP contribution in [0.1, 0.15) is 18.9 Å². The highest BCUT2D eigenvalue weighted by Crippen LogP contribution is 2.38. The van der Waals surface area contributed by atoms with Crippen molar-refractivity contribution in [3.63, 3.8) is 0 Å². The van der Waals surface area contributed by atoms with Crippen LogP contribution >= 0.6 is 0 Å². The Bertz CT molecular complexity index is 558. The second-order valence-electron chi connectivity index (χ2n) is 5.25. The van der Waals surface area contributed by atoms with Crippen molar-refractivity contribution in [2.45, 2.75) is 25.9 Å². The Balaban J connectivity index is 2.13. The van der Waals surface area contributed by atoms with Crippen LogP contribution < -0.4 is 0 Å². The maximum Gasteiger partial charge on any atom is 0.320 e. The lowest BCUT2D eigenvalue weighted by Gasteiger charge is -2.21. The standard InChI is InChI=1S/C17H18O4/c1-3-9-20-12-15-11-17(13(2)18,16(19)21-15)10-14-7-5-4-6-8-14/h1,4-8,15H,9-12H2,2H3. The summed E-state index contributed by atoms with van der Waals surface area (Å²) in [6, 6.07) is 9.47. The molecule has 0 bridgehead atoms. The number of carbonyl (C=O) groups excluding carboxylic acids is 2. The highest BCUT2D eigenvalue weighted by molar-refractivity contribution is 6.04. The van der Waals surface area contributed by atoms with Gasteiger partial charge in [0.1, 0.15) is 23.9 Å². The average Bonchev–Trinajstić information content (AvgIpc) is 2.78. The molecule has 0 N–H and O–H groups in total. The number of benzene rings is 1. The molecule has 4 heteroatoms. The molecule has 0 aromatic heterocycles. The summed E-state index contributed by atoms with van der Waals surface area (Å²) in [5.74, 6) is 1.72. The predicted octanol–water partition coefficient (Wildman–Crippen LogP) is 1.77. The molecule has 1 saturated heterocycles. The summed E-state index contributed by atoms with van der Waals surface area (Å²) in [6.45, 7) is 1.83. The molecule has 0 amide bonds. The molecule has 0 spiro atoms. The Morgan fingerprint density at radius 1 is 1.48 bits per heavy atom. The van der Waals surface area contributed by atoms with Crippen LogP contribution in [0.3, 0.4) is 0 Å². The minimum Gasteiger partial charge on any atom is -0.459 e. The molecule has 2 atom stereocenters. The highest BCUT2D eigenvalue weighted by atomic mass is 16.6. The molecule has 0 saturated carbocycles. The van der Waals surface area contributed by atoms with Crippen molar-refractivity contribution in [1.29, 1.82) is 0 Å².